The number of aromatic hydroxyl groups is 3. The summed E-state index contributed by atoms with van der Waals surface area (Å²) in [5.74, 6) is 4.45. The van der Waals surface area contributed by atoms with E-state index in [1.54, 1.807) is 60.7 Å². The van der Waals surface area contributed by atoms with Crippen molar-refractivity contribution in [1.29, 1.82) is 0 Å². The van der Waals surface area contributed by atoms with Gasteiger partial charge in [0.25, 0.3) is 0 Å². The van der Waals surface area contributed by atoms with Gasteiger partial charge in [-0.3, -0.25) is 14.4 Å². The summed E-state index contributed by atoms with van der Waals surface area (Å²) in [7, 11) is 0. The van der Waals surface area contributed by atoms with Crippen LogP contribution in [0.5, 0.6) is 34.5 Å². The lowest BCUT2D eigenvalue weighted by Gasteiger charge is -2.09. The van der Waals surface area contributed by atoms with Gasteiger partial charge in [-0.1, -0.05) is 132 Å². The lowest BCUT2D eigenvalue weighted by molar-refractivity contribution is 0.103. The maximum absolute atomic E-state index is 13.4. The van der Waals surface area contributed by atoms with Crippen LogP contribution in [-0.4, -0.2) is 32.7 Å². The molecule has 468 valence electrons. The molecule has 0 unspecified atom stereocenters. The molecule has 7 N–H and O–H groups in total. The third-order valence-electron chi connectivity index (χ3n) is 14.8. The van der Waals surface area contributed by atoms with Crippen LogP contribution in [0.3, 0.4) is 0 Å². The minimum atomic E-state index is -0.281. The third kappa shape index (κ3) is 14.6. The van der Waals surface area contributed by atoms with Gasteiger partial charge in [-0.15, -0.1) is 0 Å². The molecule has 12 rings (SSSR count). The second-order valence-electron chi connectivity index (χ2n) is 21.0. The third-order valence-corrected chi connectivity index (χ3v) is 17.7. The van der Waals surface area contributed by atoms with Crippen LogP contribution in [0.15, 0.2) is 224 Å². The number of nitrogen functional groups attached to an aromatic ring is 2. The Morgan fingerprint density at radius 2 is 0.699 bits per heavy atom. The Kier molecular flexibility index (Phi) is 20.8. The first-order chi connectivity index (χ1) is 44.7. The number of carbonyl (C=O) groups excluding carboxylic acids is 3. The Balaban J connectivity index is 0.000000153. The average Bonchev–Trinajstić information content (AvgIpc) is 1.67. The maximum Gasteiger partial charge on any atom is 0.197 e. The number of nitrogens with two attached hydrogens (primary N) is 2. The highest BCUT2D eigenvalue weighted by Gasteiger charge is 2.27. The van der Waals surface area contributed by atoms with E-state index in [4.69, 9.17) is 38.9 Å². The number of anilines is 2. The van der Waals surface area contributed by atoms with Crippen LogP contribution in [0.4, 0.5) is 11.4 Å². The molecule has 18 heteroatoms. The van der Waals surface area contributed by atoms with Gasteiger partial charge in [-0.25, -0.2) is 0 Å². The van der Waals surface area contributed by atoms with Crippen molar-refractivity contribution in [2.75, 3.05) is 11.5 Å². The molecule has 9 aromatic carbocycles. The highest BCUT2D eigenvalue weighted by atomic mass is 127. The van der Waals surface area contributed by atoms with Crippen molar-refractivity contribution in [2.45, 2.75) is 40.0 Å². The van der Waals surface area contributed by atoms with Crippen molar-refractivity contribution in [3.63, 3.8) is 0 Å². The molecule has 0 spiro atoms. The first kappa shape index (κ1) is 66.6. The van der Waals surface area contributed by atoms with Crippen molar-refractivity contribution in [1.82, 2.24) is 0 Å². The smallest absolute Gasteiger partial charge is 0.197 e. The molecule has 0 saturated carbocycles. The molecule has 12 aromatic rings. The van der Waals surface area contributed by atoms with Gasteiger partial charge in [0.15, 0.2) is 23.1 Å². The molecular weight excluding hydrogens is 1530 g/mol. The molecule has 0 aliphatic carbocycles. The van der Waals surface area contributed by atoms with Crippen LogP contribution in [0.2, 0.25) is 0 Å². The molecule has 0 saturated heterocycles. The van der Waals surface area contributed by atoms with Gasteiger partial charge in [-0.2, -0.15) is 0 Å². The number of ether oxygens (including phenoxy) is 3. The Hall–Kier alpha value is -9.35. The van der Waals surface area contributed by atoms with E-state index in [0.717, 1.165) is 22.1 Å². The van der Waals surface area contributed by atoms with E-state index in [-0.39, 0.29) is 51.5 Å². The van der Waals surface area contributed by atoms with Crippen LogP contribution in [0.1, 0.15) is 103 Å². The average molecular weight is 1590 g/mol. The molecule has 0 amide bonds. The predicted octanol–water partition coefficient (Wildman–Crippen LogP) is 19.8. The SMILES string of the molecule is C=C(Oc1ccc2c(C(=O)c3cc(Br)c(O)c(Br)c3)c(CC)oc2c1)c1ccccc1.C=C(Oc1ccc2c(C(=O)c3cc(I)c(O)c(I)c3)c(CC)oc2c1)c1ccccc1.C=C(Oc1ccc2c(C(=O)c3cc(N)c(O)c(N)c3)c(CC)oc2c1)c1ccccc1. The van der Waals surface area contributed by atoms with Crippen molar-refractivity contribution in [2.24, 2.45) is 0 Å². The summed E-state index contributed by atoms with van der Waals surface area (Å²) in [5, 5.41) is 31.9. The summed E-state index contributed by atoms with van der Waals surface area (Å²) in [6, 6.07) is 54.4. The topological polar surface area (TPSA) is 231 Å². The molecule has 0 aliphatic rings. The number of fused-ring (bicyclic) bond motifs is 3. The van der Waals surface area contributed by atoms with Gasteiger partial charge >= 0.3 is 0 Å². The van der Waals surface area contributed by atoms with Crippen LogP contribution in [0, 0.1) is 7.14 Å². The van der Waals surface area contributed by atoms with E-state index < -0.39 is 0 Å². The summed E-state index contributed by atoms with van der Waals surface area (Å²) in [6.45, 7) is 17.8. The molecular formula is C75H58Br2I2N2O12. The number of ketones is 3. The molecule has 0 bridgehead atoms. The summed E-state index contributed by atoms with van der Waals surface area (Å²) in [6.07, 6.45) is 1.66. The molecule has 14 nitrogen and oxygen atoms in total. The summed E-state index contributed by atoms with van der Waals surface area (Å²) < 4.78 is 37.8. The van der Waals surface area contributed by atoms with Gasteiger partial charge in [-0.05, 0) is 150 Å². The minimum absolute atomic E-state index is 0.0457. The molecule has 0 radical (unpaired) electrons. The number of furan rings is 3. The second kappa shape index (κ2) is 29.1. The summed E-state index contributed by atoms with van der Waals surface area (Å²) in [4.78, 5) is 40.0. The van der Waals surface area contributed by atoms with E-state index in [1.807, 2.05) is 175 Å². The largest absolute Gasteiger partial charge is 0.506 e. The Bertz CT molecular complexity index is 4350. The number of rotatable bonds is 18. The number of hydrogen-bond acceptors (Lipinski definition) is 14. The number of phenols is 3. The fourth-order valence-electron chi connectivity index (χ4n) is 10.2. The van der Waals surface area contributed by atoms with Crippen molar-refractivity contribution in [3.8, 4) is 34.5 Å². The Labute approximate surface area is 579 Å². The zero-order valence-electron chi connectivity index (χ0n) is 50.2. The second-order valence-corrected chi connectivity index (χ2v) is 25.0. The van der Waals surface area contributed by atoms with Gasteiger partial charge in [0.1, 0.15) is 80.1 Å². The van der Waals surface area contributed by atoms with Crippen molar-refractivity contribution < 1.29 is 57.2 Å². The normalized spacial score (nSPS) is 10.9. The lowest BCUT2D eigenvalue weighted by Crippen LogP contribution is -2.06. The van der Waals surface area contributed by atoms with E-state index in [1.165, 1.54) is 12.1 Å². The standard InChI is InChI=1S/C25H18Br2O4.C25H18I2O4.C25H22N2O4/c3*1-3-21-23(24(28)16-11-19(26)25(29)20(27)12-16)18-10-9-17(13-22(18)31-21)30-14(2)15-7-5-4-6-8-15/h2*4-13,29H,2-3H2,1H3;4-13,29H,2-3,26-27H2,1H3. The zero-order valence-corrected chi connectivity index (χ0v) is 57.7. The van der Waals surface area contributed by atoms with E-state index in [2.05, 4.69) is 51.6 Å². The number of phenolic OH excluding ortho intramolecular Hbond substituents is 3. The Morgan fingerprint density at radius 3 is 1.00 bits per heavy atom. The van der Waals surface area contributed by atoms with E-state index in [0.29, 0.717) is 142 Å². The summed E-state index contributed by atoms with van der Waals surface area (Å²) >= 11 is 10.6. The van der Waals surface area contributed by atoms with Crippen molar-refractivity contribution >= 4 is 156 Å². The van der Waals surface area contributed by atoms with Crippen LogP contribution < -0.4 is 25.7 Å². The molecule has 0 fully saturated rings. The van der Waals surface area contributed by atoms with Crippen LogP contribution in [-0.2, 0) is 19.3 Å². The van der Waals surface area contributed by atoms with Gasteiger partial charge in [0.05, 0.1) is 44.2 Å². The van der Waals surface area contributed by atoms with E-state index >= 15 is 0 Å². The quantitative estimate of drug-likeness (QED) is 0.0177. The molecule has 0 aliphatic heterocycles. The zero-order chi connectivity index (χ0) is 66.4. The predicted molar refractivity (Wildman–Crippen MR) is 389 cm³/mol. The van der Waals surface area contributed by atoms with Gasteiger partial charge < -0.3 is 54.2 Å². The fraction of sp³-hybridized carbons (Fsp3) is 0.0800. The number of hydrogen-bond donors (Lipinski definition) is 5. The molecule has 3 heterocycles. The molecule has 93 heavy (non-hydrogen) atoms. The van der Waals surface area contributed by atoms with E-state index in [9.17, 15) is 29.7 Å². The van der Waals surface area contributed by atoms with Crippen molar-refractivity contribution in [3.05, 3.63) is 285 Å². The summed E-state index contributed by atoms with van der Waals surface area (Å²) in [5.41, 5.74) is 18.7. The highest BCUT2D eigenvalue weighted by Crippen LogP contribution is 2.40. The molecule has 0 atom stereocenters. The van der Waals surface area contributed by atoms with Gasteiger partial charge in [0, 0.05) is 87.0 Å². The number of halogens is 4. The number of carbonyl (C=O) groups is 3. The maximum atomic E-state index is 13.4. The number of benzene rings is 9. The van der Waals surface area contributed by atoms with Crippen LogP contribution in [0.25, 0.3) is 50.2 Å². The number of aryl methyl sites for hydroxylation is 3. The monoisotopic (exact) mass is 1590 g/mol. The van der Waals surface area contributed by atoms with Gasteiger partial charge in [0.2, 0.25) is 0 Å². The fourth-order valence-corrected chi connectivity index (χ4v) is 13.1. The highest BCUT2D eigenvalue weighted by molar-refractivity contribution is 14.1. The Morgan fingerprint density at radius 1 is 0.409 bits per heavy atom. The van der Waals surface area contributed by atoms with Crippen LogP contribution >= 0.6 is 77.0 Å². The minimum Gasteiger partial charge on any atom is -0.506 e. The first-order valence-electron chi connectivity index (χ1n) is 29.0. The first-order valence-corrected chi connectivity index (χ1v) is 32.7. The molecule has 3 aromatic heterocycles. The lowest BCUT2D eigenvalue weighted by atomic mass is 9.98.